The second-order valence-electron chi connectivity index (χ2n) is 5.24. The monoisotopic (exact) mass is 386 g/mol. The minimum absolute atomic E-state index is 0.00610. The van der Waals surface area contributed by atoms with Gasteiger partial charge >= 0.3 is 6.18 Å². The summed E-state index contributed by atoms with van der Waals surface area (Å²) in [6.45, 7) is 1.81. The standard InChI is InChI=1S/C17H17F3N2O3S/c1-10-6-13(24-2)14(25-3)7-12(10)22-15(23)9-26-16-5-4-11(8-21-16)17(18,19)20/h4-8H,9H2,1-3H3,(H,22,23). The number of hydrogen-bond donors (Lipinski definition) is 1. The Balaban J connectivity index is 1.99. The van der Waals surface area contributed by atoms with Crippen LogP contribution in [0.5, 0.6) is 11.5 Å². The van der Waals surface area contributed by atoms with E-state index in [2.05, 4.69) is 10.3 Å². The molecular weight excluding hydrogens is 369 g/mol. The van der Waals surface area contributed by atoms with Crippen LogP contribution in [0.25, 0.3) is 0 Å². The highest BCUT2D eigenvalue weighted by Gasteiger charge is 2.30. The predicted octanol–water partition coefficient (Wildman–Crippen LogP) is 4.16. The van der Waals surface area contributed by atoms with Gasteiger partial charge in [0.15, 0.2) is 11.5 Å². The highest BCUT2D eigenvalue weighted by molar-refractivity contribution is 7.99. The van der Waals surface area contributed by atoms with Crippen molar-refractivity contribution in [2.75, 3.05) is 25.3 Å². The van der Waals surface area contributed by atoms with E-state index in [4.69, 9.17) is 9.47 Å². The Kier molecular flexibility index (Phi) is 6.36. The van der Waals surface area contributed by atoms with Gasteiger partial charge < -0.3 is 14.8 Å². The second kappa shape index (κ2) is 8.31. The van der Waals surface area contributed by atoms with E-state index >= 15 is 0 Å². The molecule has 1 aromatic heterocycles. The third kappa shape index (κ3) is 5.04. The molecule has 0 radical (unpaired) electrons. The van der Waals surface area contributed by atoms with Crippen molar-refractivity contribution in [1.29, 1.82) is 0 Å². The average Bonchev–Trinajstić information content (AvgIpc) is 2.60. The largest absolute Gasteiger partial charge is 0.493 e. The molecule has 0 fully saturated rings. The first-order valence-corrected chi connectivity index (χ1v) is 8.41. The molecular formula is C17H17F3N2O3S. The Morgan fingerprint density at radius 1 is 1.19 bits per heavy atom. The van der Waals surface area contributed by atoms with Gasteiger partial charge in [-0.05, 0) is 30.7 Å². The molecule has 2 rings (SSSR count). The molecule has 2 aromatic rings. The molecule has 0 aliphatic carbocycles. The van der Waals surface area contributed by atoms with Crippen molar-refractivity contribution in [3.05, 3.63) is 41.6 Å². The number of halogens is 3. The summed E-state index contributed by atoms with van der Waals surface area (Å²) in [7, 11) is 3.01. The van der Waals surface area contributed by atoms with Crippen molar-refractivity contribution < 1.29 is 27.4 Å². The molecule has 1 heterocycles. The number of hydrogen-bond acceptors (Lipinski definition) is 5. The fraction of sp³-hybridized carbons (Fsp3) is 0.294. The van der Waals surface area contributed by atoms with Crippen molar-refractivity contribution in [2.24, 2.45) is 0 Å². The van der Waals surface area contributed by atoms with E-state index in [-0.39, 0.29) is 11.7 Å². The van der Waals surface area contributed by atoms with Crippen LogP contribution in [0.2, 0.25) is 0 Å². The molecule has 5 nitrogen and oxygen atoms in total. The number of aryl methyl sites for hydroxylation is 1. The zero-order valence-corrected chi connectivity index (χ0v) is 15.1. The number of ether oxygens (including phenoxy) is 2. The van der Waals surface area contributed by atoms with Gasteiger partial charge in [0, 0.05) is 18.0 Å². The Bertz CT molecular complexity index is 780. The molecule has 1 amide bonds. The fourth-order valence-corrected chi connectivity index (χ4v) is 2.72. The maximum Gasteiger partial charge on any atom is 0.417 e. The summed E-state index contributed by atoms with van der Waals surface area (Å²) in [6.07, 6.45) is -3.68. The molecule has 0 saturated carbocycles. The maximum atomic E-state index is 12.5. The van der Waals surface area contributed by atoms with Crippen molar-refractivity contribution in [2.45, 2.75) is 18.1 Å². The van der Waals surface area contributed by atoms with Gasteiger partial charge in [-0.1, -0.05) is 11.8 Å². The quantitative estimate of drug-likeness (QED) is 0.756. The molecule has 0 bridgehead atoms. The van der Waals surface area contributed by atoms with Crippen LogP contribution in [0.15, 0.2) is 35.5 Å². The Labute approximate surface area is 152 Å². The lowest BCUT2D eigenvalue weighted by molar-refractivity contribution is -0.137. The molecule has 0 unspecified atom stereocenters. The van der Waals surface area contributed by atoms with Gasteiger partial charge in [-0.25, -0.2) is 4.98 Å². The molecule has 26 heavy (non-hydrogen) atoms. The molecule has 0 aliphatic heterocycles. The van der Waals surface area contributed by atoms with Crippen LogP contribution in [0.1, 0.15) is 11.1 Å². The number of nitrogens with zero attached hydrogens (tertiary/aromatic N) is 1. The minimum Gasteiger partial charge on any atom is -0.493 e. The van der Waals surface area contributed by atoms with Crippen molar-refractivity contribution >= 4 is 23.4 Å². The number of rotatable bonds is 6. The lowest BCUT2D eigenvalue weighted by Crippen LogP contribution is -2.15. The number of benzene rings is 1. The van der Waals surface area contributed by atoms with Gasteiger partial charge in [-0.15, -0.1) is 0 Å². The Morgan fingerprint density at radius 3 is 2.38 bits per heavy atom. The van der Waals surface area contributed by atoms with Gasteiger partial charge in [0.1, 0.15) is 0 Å². The number of methoxy groups -OCH3 is 2. The van der Waals surface area contributed by atoms with E-state index in [1.54, 1.807) is 12.1 Å². The third-order valence-electron chi connectivity index (χ3n) is 3.42. The van der Waals surface area contributed by atoms with E-state index in [1.165, 1.54) is 20.3 Å². The van der Waals surface area contributed by atoms with Crippen molar-refractivity contribution in [3.63, 3.8) is 0 Å². The number of amides is 1. The zero-order valence-electron chi connectivity index (χ0n) is 14.3. The number of thioether (sulfide) groups is 1. The van der Waals surface area contributed by atoms with Gasteiger partial charge in [0.2, 0.25) is 5.91 Å². The van der Waals surface area contributed by atoms with Crippen LogP contribution in [-0.2, 0) is 11.0 Å². The smallest absolute Gasteiger partial charge is 0.417 e. The summed E-state index contributed by atoms with van der Waals surface area (Å²) in [4.78, 5) is 15.8. The van der Waals surface area contributed by atoms with Crippen LogP contribution in [0.3, 0.4) is 0 Å². The zero-order chi connectivity index (χ0) is 19.3. The summed E-state index contributed by atoms with van der Waals surface area (Å²) in [5.74, 6) is 0.718. The van der Waals surface area contributed by atoms with Gasteiger partial charge in [0.25, 0.3) is 0 Å². The van der Waals surface area contributed by atoms with Gasteiger partial charge in [-0.2, -0.15) is 13.2 Å². The van der Waals surface area contributed by atoms with Crippen LogP contribution in [-0.4, -0.2) is 30.9 Å². The summed E-state index contributed by atoms with van der Waals surface area (Å²) in [5.41, 5.74) is 0.523. The number of pyridine rings is 1. The van der Waals surface area contributed by atoms with Crippen LogP contribution in [0, 0.1) is 6.92 Å². The average molecular weight is 386 g/mol. The Morgan fingerprint density at radius 2 is 1.85 bits per heavy atom. The molecule has 1 N–H and O–H groups in total. The maximum absolute atomic E-state index is 12.5. The van der Waals surface area contributed by atoms with E-state index in [0.29, 0.717) is 22.2 Å². The number of alkyl halides is 3. The van der Waals surface area contributed by atoms with Crippen LogP contribution >= 0.6 is 11.8 Å². The molecule has 0 aliphatic rings. The van der Waals surface area contributed by atoms with E-state index in [9.17, 15) is 18.0 Å². The normalized spacial score (nSPS) is 11.2. The number of aromatic nitrogens is 1. The minimum atomic E-state index is -4.43. The molecule has 0 atom stereocenters. The predicted molar refractivity (Wildman–Crippen MR) is 92.9 cm³/mol. The summed E-state index contributed by atoms with van der Waals surface area (Å²) in [6, 6.07) is 5.56. The SMILES string of the molecule is COc1cc(C)c(NC(=O)CSc2ccc(C(F)(F)F)cn2)cc1OC. The number of anilines is 1. The van der Waals surface area contributed by atoms with Crippen molar-refractivity contribution in [3.8, 4) is 11.5 Å². The second-order valence-corrected chi connectivity index (χ2v) is 6.24. The first kappa shape index (κ1) is 19.9. The molecule has 0 saturated heterocycles. The molecule has 9 heteroatoms. The summed E-state index contributed by atoms with van der Waals surface area (Å²) >= 11 is 1.04. The molecule has 1 aromatic carbocycles. The molecule has 0 spiro atoms. The fourth-order valence-electron chi connectivity index (χ4n) is 2.07. The topological polar surface area (TPSA) is 60.5 Å². The van der Waals surface area contributed by atoms with E-state index < -0.39 is 11.7 Å². The molecule has 140 valence electrons. The Hall–Kier alpha value is -2.42. The van der Waals surface area contributed by atoms with Gasteiger partial charge in [-0.3, -0.25) is 4.79 Å². The number of carbonyl (C=O) groups is 1. The summed E-state index contributed by atoms with van der Waals surface area (Å²) < 4.78 is 47.9. The van der Waals surface area contributed by atoms with Crippen LogP contribution < -0.4 is 14.8 Å². The highest BCUT2D eigenvalue weighted by Crippen LogP contribution is 2.33. The van der Waals surface area contributed by atoms with Crippen LogP contribution in [0.4, 0.5) is 18.9 Å². The first-order valence-electron chi connectivity index (χ1n) is 7.43. The van der Waals surface area contributed by atoms with Crippen molar-refractivity contribution in [1.82, 2.24) is 4.98 Å². The number of carbonyl (C=O) groups excluding carboxylic acids is 1. The lowest BCUT2D eigenvalue weighted by Gasteiger charge is -2.13. The highest BCUT2D eigenvalue weighted by atomic mass is 32.2. The summed E-state index contributed by atoms with van der Waals surface area (Å²) in [5, 5.41) is 3.07. The van der Waals surface area contributed by atoms with Gasteiger partial charge in [0.05, 0.1) is 30.6 Å². The first-order chi connectivity index (χ1) is 12.2. The van der Waals surface area contributed by atoms with E-state index in [0.717, 1.165) is 29.6 Å². The number of nitrogens with one attached hydrogen (secondary N) is 1. The lowest BCUT2D eigenvalue weighted by atomic mass is 10.1. The third-order valence-corrected chi connectivity index (χ3v) is 4.36. The van der Waals surface area contributed by atoms with E-state index in [1.807, 2.05) is 6.92 Å².